The van der Waals surface area contributed by atoms with E-state index >= 15 is 0 Å². The number of likely N-dealkylation sites (N-methyl/N-ethyl adjacent to an activating group) is 1. The van der Waals surface area contributed by atoms with E-state index in [0.29, 0.717) is 31.0 Å². The molecule has 148 valence electrons. The summed E-state index contributed by atoms with van der Waals surface area (Å²) in [4.78, 5) is 27.2. The van der Waals surface area contributed by atoms with E-state index in [0.717, 1.165) is 18.4 Å². The number of nitrogen functional groups attached to an aromatic ring is 1. The highest BCUT2D eigenvalue weighted by Gasteiger charge is 2.36. The molecular weight excluding hydrogens is 342 g/mol. The summed E-state index contributed by atoms with van der Waals surface area (Å²) in [5.74, 6) is 0.316. The second-order valence-electron chi connectivity index (χ2n) is 7.49. The topological polar surface area (TPSA) is 111 Å². The van der Waals surface area contributed by atoms with Gasteiger partial charge < -0.3 is 21.3 Å². The van der Waals surface area contributed by atoms with Crippen molar-refractivity contribution in [2.75, 3.05) is 13.6 Å². The van der Waals surface area contributed by atoms with Gasteiger partial charge in [0, 0.05) is 18.7 Å². The van der Waals surface area contributed by atoms with Gasteiger partial charge >= 0.3 is 0 Å². The second kappa shape index (κ2) is 9.50. The maximum Gasteiger partial charge on any atom is 0.243 e. The van der Waals surface area contributed by atoms with Crippen LogP contribution in [0.1, 0.15) is 44.2 Å². The summed E-state index contributed by atoms with van der Waals surface area (Å²) in [5.41, 5.74) is 7.03. The molecule has 7 nitrogen and oxygen atoms in total. The molecule has 0 radical (unpaired) electrons. The smallest absolute Gasteiger partial charge is 0.243 e. The molecule has 0 aromatic heterocycles. The Morgan fingerprint density at radius 3 is 2.52 bits per heavy atom. The number of nitrogens with zero attached hydrogens (tertiary/aromatic N) is 1. The van der Waals surface area contributed by atoms with E-state index in [4.69, 9.17) is 11.1 Å². The molecule has 1 fully saturated rings. The molecule has 1 aromatic rings. The van der Waals surface area contributed by atoms with Crippen LogP contribution in [-0.4, -0.2) is 48.2 Å². The van der Waals surface area contributed by atoms with Crippen LogP contribution in [0.3, 0.4) is 0 Å². The number of carbonyl (C=O) groups excluding carboxylic acids is 2. The molecule has 7 heteroatoms. The maximum absolute atomic E-state index is 12.9. The molecule has 1 saturated heterocycles. The number of rotatable bonds is 8. The molecule has 1 aliphatic heterocycles. The number of nitrogens with two attached hydrogens (primary N) is 1. The SMILES string of the molecule is CNC(CC(C)C)C(=O)N1CCC[C@H]1C(=O)NCc1ccc(C(=N)N)cc1. The van der Waals surface area contributed by atoms with Gasteiger partial charge in [0.1, 0.15) is 11.9 Å². The van der Waals surface area contributed by atoms with Crippen LogP contribution in [0.2, 0.25) is 0 Å². The highest BCUT2D eigenvalue weighted by molar-refractivity contribution is 5.95. The van der Waals surface area contributed by atoms with Crippen molar-refractivity contribution in [1.29, 1.82) is 5.41 Å². The number of hydrogen-bond acceptors (Lipinski definition) is 4. The Kier molecular flexibility index (Phi) is 7.36. The van der Waals surface area contributed by atoms with Crippen LogP contribution in [0.25, 0.3) is 0 Å². The molecule has 5 N–H and O–H groups in total. The average molecular weight is 374 g/mol. The summed E-state index contributed by atoms with van der Waals surface area (Å²) in [6.07, 6.45) is 2.29. The first-order valence-electron chi connectivity index (χ1n) is 9.52. The molecule has 0 spiro atoms. The Balaban J connectivity index is 1.96. The minimum Gasteiger partial charge on any atom is -0.384 e. The Bertz CT molecular complexity index is 671. The van der Waals surface area contributed by atoms with Crippen molar-refractivity contribution < 1.29 is 9.59 Å². The van der Waals surface area contributed by atoms with Gasteiger partial charge in [-0.2, -0.15) is 0 Å². The van der Waals surface area contributed by atoms with Crippen LogP contribution in [0.15, 0.2) is 24.3 Å². The standard InChI is InChI=1S/C20H31N5O2/c1-13(2)11-16(23-3)20(27)25-10-4-5-17(25)19(26)24-12-14-6-8-15(9-7-14)18(21)22/h6-9,13,16-17,23H,4-5,10-12H2,1-3H3,(H3,21,22)(H,24,26)/t16?,17-/m0/s1. The van der Waals surface area contributed by atoms with Gasteiger partial charge in [0.15, 0.2) is 0 Å². The number of amides is 2. The molecule has 1 heterocycles. The summed E-state index contributed by atoms with van der Waals surface area (Å²) in [6, 6.07) is 6.55. The van der Waals surface area contributed by atoms with Crippen molar-refractivity contribution in [3.63, 3.8) is 0 Å². The molecule has 1 aromatic carbocycles. The van der Waals surface area contributed by atoms with E-state index in [1.165, 1.54) is 0 Å². The van der Waals surface area contributed by atoms with Crippen molar-refractivity contribution in [1.82, 2.24) is 15.5 Å². The van der Waals surface area contributed by atoms with Gasteiger partial charge in [0.2, 0.25) is 11.8 Å². The van der Waals surface area contributed by atoms with E-state index in [2.05, 4.69) is 24.5 Å². The zero-order valence-electron chi connectivity index (χ0n) is 16.4. The van der Waals surface area contributed by atoms with Crippen molar-refractivity contribution in [3.8, 4) is 0 Å². The Morgan fingerprint density at radius 2 is 1.96 bits per heavy atom. The minimum absolute atomic E-state index is 0.00895. The molecule has 27 heavy (non-hydrogen) atoms. The number of nitrogens with one attached hydrogen (secondary N) is 3. The van der Waals surface area contributed by atoms with Crippen LogP contribution in [0, 0.1) is 11.3 Å². The van der Waals surface area contributed by atoms with Gasteiger partial charge in [0.25, 0.3) is 0 Å². The predicted octanol–water partition coefficient (Wildman–Crippen LogP) is 1.21. The Morgan fingerprint density at radius 1 is 1.30 bits per heavy atom. The lowest BCUT2D eigenvalue weighted by Gasteiger charge is -2.28. The fraction of sp³-hybridized carbons (Fsp3) is 0.550. The van der Waals surface area contributed by atoms with E-state index in [-0.39, 0.29) is 23.7 Å². The normalized spacial score (nSPS) is 17.8. The second-order valence-corrected chi connectivity index (χ2v) is 7.49. The van der Waals surface area contributed by atoms with Gasteiger partial charge in [-0.15, -0.1) is 0 Å². The fourth-order valence-corrected chi connectivity index (χ4v) is 3.43. The summed E-state index contributed by atoms with van der Waals surface area (Å²) < 4.78 is 0. The van der Waals surface area contributed by atoms with Crippen molar-refractivity contribution >= 4 is 17.6 Å². The molecule has 2 amide bonds. The Labute approximate surface area is 161 Å². The first kappa shape index (κ1) is 20.9. The maximum atomic E-state index is 12.9. The number of amidine groups is 1. The lowest BCUT2D eigenvalue weighted by Crippen LogP contribution is -2.52. The minimum atomic E-state index is -0.406. The molecule has 0 saturated carbocycles. The first-order chi connectivity index (χ1) is 12.8. The zero-order chi connectivity index (χ0) is 20.0. The van der Waals surface area contributed by atoms with Gasteiger partial charge in [0.05, 0.1) is 6.04 Å². The molecule has 2 atom stereocenters. The Hall–Kier alpha value is -2.41. The summed E-state index contributed by atoms with van der Waals surface area (Å²) in [7, 11) is 1.79. The summed E-state index contributed by atoms with van der Waals surface area (Å²) in [6.45, 7) is 5.18. The summed E-state index contributed by atoms with van der Waals surface area (Å²) in [5, 5.41) is 13.4. The van der Waals surface area contributed by atoms with Crippen molar-refractivity contribution in [3.05, 3.63) is 35.4 Å². The van der Waals surface area contributed by atoms with E-state index < -0.39 is 6.04 Å². The number of likely N-dealkylation sites (tertiary alicyclic amines) is 1. The fourth-order valence-electron chi connectivity index (χ4n) is 3.43. The van der Waals surface area contributed by atoms with Crippen LogP contribution in [0.5, 0.6) is 0 Å². The monoisotopic (exact) mass is 373 g/mol. The molecule has 0 aliphatic carbocycles. The average Bonchev–Trinajstić information content (AvgIpc) is 3.13. The van der Waals surface area contributed by atoms with Gasteiger partial charge in [-0.3, -0.25) is 15.0 Å². The molecule has 1 unspecified atom stereocenters. The van der Waals surface area contributed by atoms with Crippen LogP contribution in [-0.2, 0) is 16.1 Å². The van der Waals surface area contributed by atoms with Crippen molar-refractivity contribution in [2.24, 2.45) is 11.7 Å². The van der Waals surface area contributed by atoms with Crippen LogP contribution < -0.4 is 16.4 Å². The number of carbonyl (C=O) groups is 2. The van der Waals surface area contributed by atoms with E-state index in [1.807, 2.05) is 12.1 Å². The molecular formula is C20H31N5O2. The quantitative estimate of drug-likeness (QED) is 0.405. The highest BCUT2D eigenvalue weighted by Crippen LogP contribution is 2.20. The van der Waals surface area contributed by atoms with Gasteiger partial charge in [-0.05, 0) is 37.8 Å². The van der Waals surface area contributed by atoms with E-state index in [9.17, 15) is 9.59 Å². The lowest BCUT2D eigenvalue weighted by atomic mass is 10.0. The van der Waals surface area contributed by atoms with E-state index in [1.54, 1.807) is 24.1 Å². The summed E-state index contributed by atoms with van der Waals surface area (Å²) >= 11 is 0. The molecule has 1 aliphatic rings. The van der Waals surface area contributed by atoms with Crippen LogP contribution in [0.4, 0.5) is 0 Å². The number of hydrogen-bond donors (Lipinski definition) is 4. The third-order valence-corrected chi connectivity index (χ3v) is 4.92. The molecule has 0 bridgehead atoms. The third kappa shape index (κ3) is 5.53. The van der Waals surface area contributed by atoms with Crippen molar-refractivity contribution in [2.45, 2.75) is 51.7 Å². The largest absolute Gasteiger partial charge is 0.384 e. The number of benzene rings is 1. The lowest BCUT2D eigenvalue weighted by molar-refractivity contribution is -0.140. The van der Waals surface area contributed by atoms with Gasteiger partial charge in [-0.25, -0.2) is 0 Å². The first-order valence-corrected chi connectivity index (χ1v) is 9.52. The highest BCUT2D eigenvalue weighted by atomic mass is 16.2. The molecule has 2 rings (SSSR count). The van der Waals surface area contributed by atoms with Crippen LogP contribution >= 0.6 is 0 Å². The van der Waals surface area contributed by atoms with Gasteiger partial charge in [-0.1, -0.05) is 38.1 Å². The zero-order valence-corrected chi connectivity index (χ0v) is 16.4. The predicted molar refractivity (Wildman–Crippen MR) is 106 cm³/mol. The third-order valence-electron chi connectivity index (χ3n) is 4.92.